The lowest BCUT2D eigenvalue weighted by molar-refractivity contribution is 0.101. The van der Waals surface area contributed by atoms with E-state index in [-0.39, 0.29) is 11.5 Å². The van der Waals surface area contributed by atoms with E-state index < -0.39 is 0 Å². The molecule has 0 spiro atoms. The second-order valence-electron chi connectivity index (χ2n) is 6.86. The number of allylic oxidation sites excluding steroid dienone is 3. The van der Waals surface area contributed by atoms with Gasteiger partial charge in [0.25, 0.3) is 0 Å². The predicted octanol–water partition coefficient (Wildman–Crippen LogP) is 5.46. The SMILES string of the molecule is COc1ccc(COc2ccc3c(c2)OC(=CC=Cc2ccccc2OC)C3=O)cc1. The van der Waals surface area contributed by atoms with E-state index >= 15 is 0 Å². The summed E-state index contributed by atoms with van der Waals surface area (Å²) in [6.45, 7) is 0.404. The first-order valence-electron chi connectivity index (χ1n) is 9.81. The largest absolute Gasteiger partial charge is 0.497 e. The zero-order valence-electron chi connectivity index (χ0n) is 17.3. The number of rotatable bonds is 7. The van der Waals surface area contributed by atoms with Gasteiger partial charge in [0.05, 0.1) is 19.8 Å². The minimum absolute atomic E-state index is 0.151. The number of hydrogen-bond acceptors (Lipinski definition) is 5. The van der Waals surface area contributed by atoms with E-state index in [4.69, 9.17) is 18.9 Å². The molecule has 1 heterocycles. The molecule has 5 nitrogen and oxygen atoms in total. The molecule has 0 fully saturated rings. The summed E-state index contributed by atoms with van der Waals surface area (Å²) in [6.07, 6.45) is 5.31. The molecule has 4 rings (SSSR count). The molecule has 0 amide bonds. The van der Waals surface area contributed by atoms with Gasteiger partial charge in [-0.05, 0) is 42.0 Å². The maximum atomic E-state index is 12.6. The molecule has 0 aliphatic carbocycles. The highest BCUT2D eigenvalue weighted by Gasteiger charge is 2.27. The standard InChI is InChI=1S/C26H22O5/c1-28-20-12-10-18(11-13-20)17-30-21-14-15-22-25(16-21)31-24(26(22)27)9-5-7-19-6-3-4-8-23(19)29-2/h3-16H,17H2,1-2H3. The molecule has 0 saturated carbocycles. The van der Waals surface area contributed by atoms with Crippen molar-refractivity contribution in [1.29, 1.82) is 0 Å². The second-order valence-corrected chi connectivity index (χ2v) is 6.86. The number of hydrogen-bond donors (Lipinski definition) is 0. The molecule has 3 aromatic rings. The number of fused-ring (bicyclic) bond motifs is 1. The third-order valence-corrected chi connectivity index (χ3v) is 4.87. The van der Waals surface area contributed by atoms with E-state index in [0.717, 1.165) is 22.6 Å². The number of carbonyl (C=O) groups is 1. The molecular weight excluding hydrogens is 392 g/mol. The molecule has 1 aliphatic rings. The molecule has 0 atom stereocenters. The van der Waals surface area contributed by atoms with E-state index in [0.29, 0.717) is 23.7 Å². The van der Waals surface area contributed by atoms with Crippen LogP contribution in [0.2, 0.25) is 0 Å². The topological polar surface area (TPSA) is 54.0 Å². The van der Waals surface area contributed by atoms with Crippen LogP contribution in [0.15, 0.2) is 84.6 Å². The molecule has 0 radical (unpaired) electrons. The van der Waals surface area contributed by atoms with E-state index in [1.54, 1.807) is 44.6 Å². The van der Waals surface area contributed by atoms with Crippen molar-refractivity contribution in [2.75, 3.05) is 14.2 Å². The Balaban J connectivity index is 1.43. The van der Waals surface area contributed by atoms with Crippen LogP contribution < -0.4 is 18.9 Å². The monoisotopic (exact) mass is 414 g/mol. The van der Waals surface area contributed by atoms with Gasteiger partial charge in [-0.1, -0.05) is 42.5 Å². The van der Waals surface area contributed by atoms with Gasteiger partial charge in [-0.3, -0.25) is 4.79 Å². The molecule has 0 aromatic heterocycles. The number of benzene rings is 3. The fourth-order valence-electron chi connectivity index (χ4n) is 3.20. The second kappa shape index (κ2) is 9.22. The average Bonchev–Trinajstić information content (AvgIpc) is 3.13. The zero-order chi connectivity index (χ0) is 21.6. The average molecular weight is 414 g/mol. The van der Waals surface area contributed by atoms with E-state index in [2.05, 4.69) is 0 Å². The van der Waals surface area contributed by atoms with Gasteiger partial charge >= 0.3 is 0 Å². The lowest BCUT2D eigenvalue weighted by Gasteiger charge is -2.08. The molecule has 3 aromatic carbocycles. The van der Waals surface area contributed by atoms with Crippen molar-refractivity contribution in [2.45, 2.75) is 6.61 Å². The van der Waals surface area contributed by atoms with Crippen LogP contribution in [0.4, 0.5) is 0 Å². The molecule has 0 bridgehead atoms. The summed E-state index contributed by atoms with van der Waals surface area (Å²) in [7, 11) is 3.26. The van der Waals surface area contributed by atoms with Gasteiger partial charge in [0, 0.05) is 11.6 Å². The number of ether oxygens (including phenoxy) is 4. The Morgan fingerprint density at radius 3 is 2.45 bits per heavy atom. The highest BCUT2D eigenvalue weighted by molar-refractivity contribution is 6.12. The molecular formula is C26H22O5. The summed E-state index contributed by atoms with van der Waals surface area (Å²) in [6, 6.07) is 20.6. The van der Waals surface area contributed by atoms with Crippen LogP contribution >= 0.6 is 0 Å². The van der Waals surface area contributed by atoms with Gasteiger partial charge in [0.1, 0.15) is 29.6 Å². The van der Waals surface area contributed by atoms with Gasteiger partial charge < -0.3 is 18.9 Å². The summed E-state index contributed by atoms with van der Waals surface area (Å²) < 4.78 is 22.1. The van der Waals surface area contributed by atoms with E-state index in [9.17, 15) is 4.79 Å². The maximum absolute atomic E-state index is 12.6. The van der Waals surface area contributed by atoms with Crippen LogP contribution in [0.1, 0.15) is 21.5 Å². The number of ketones is 1. The van der Waals surface area contributed by atoms with Gasteiger partial charge in [-0.15, -0.1) is 0 Å². The van der Waals surface area contributed by atoms with Crippen LogP contribution in [0.3, 0.4) is 0 Å². The van der Waals surface area contributed by atoms with Gasteiger partial charge in [-0.2, -0.15) is 0 Å². The Kier molecular flexibility index (Phi) is 6.03. The number of carbonyl (C=O) groups excluding carboxylic acids is 1. The van der Waals surface area contributed by atoms with Crippen LogP contribution in [-0.4, -0.2) is 20.0 Å². The molecule has 31 heavy (non-hydrogen) atoms. The molecule has 0 unspecified atom stereocenters. The van der Waals surface area contributed by atoms with Crippen molar-refractivity contribution >= 4 is 11.9 Å². The fraction of sp³-hybridized carbons (Fsp3) is 0.115. The minimum atomic E-state index is -0.151. The third-order valence-electron chi connectivity index (χ3n) is 4.87. The van der Waals surface area contributed by atoms with Crippen molar-refractivity contribution in [3.8, 4) is 23.0 Å². The van der Waals surface area contributed by atoms with Crippen molar-refractivity contribution in [3.05, 3.63) is 101 Å². The number of Topliss-reactive ketones (excluding diaryl/α,β-unsaturated/α-hetero) is 1. The Bertz CT molecular complexity index is 1140. The quantitative estimate of drug-likeness (QED) is 0.481. The first-order valence-corrected chi connectivity index (χ1v) is 9.81. The maximum Gasteiger partial charge on any atom is 0.231 e. The third kappa shape index (κ3) is 4.61. The highest BCUT2D eigenvalue weighted by atomic mass is 16.5. The highest BCUT2D eigenvalue weighted by Crippen LogP contribution is 2.34. The van der Waals surface area contributed by atoms with Crippen molar-refractivity contribution in [1.82, 2.24) is 0 Å². The van der Waals surface area contributed by atoms with Gasteiger partial charge in [0.15, 0.2) is 5.76 Å². The van der Waals surface area contributed by atoms with Crippen LogP contribution in [0, 0.1) is 0 Å². The van der Waals surface area contributed by atoms with Crippen molar-refractivity contribution < 1.29 is 23.7 Å². The molecule has 1 aliphatic heterocycles. The summed E-state index contributed by atoms with van der Waals surface area (Å²) in [5.41, 5.74) is 2.45. The summed E-state index contributed by atoms with van der Waals surface area (Å²) >= 11 is 0. The molecule has 5 heteroatoms. The van der Waals surface area contributed by atoms with Crippen LogP contribution in [-0.2, 0) is 6.61 Å². The minimum Gasteiger partial charge on any atom is -0.497 e. The normalized spacial score (nSPS) is 13.9. The molecule has 0 saturated heterocycles. The molecule has 0 N–H and O–H groups in total. The van der Waals surface area contributed by atoms with Gasteiger partial charge in [0.2, 0.25) is 5.78 Å². The first-order chi connectivity index (χ1) is 15.2. The predicted molar refractivity (Wildman–Crippen MR) is 119 cm³/mol. The Morgan fingerprint density at radius 1 is 0.903 bits per heavy atom. The summed E-state index contributed by atoms with van der Waals surface area (Å²) in [5.74, 6) is 2.81. The first kappa shape index (κ1) is 20.3. The zero-order valence-corrected chi connectivity index (χ0v) is 17.3. The van der Waals surface area contributed by atoms with Crippen LogP contribution in [0.5, 0.6) is 23.0 Å². The lowest BCUT2D eigenvalue weighted by atomic mass is 10.1. The van der Waals surface area contributed by atoms with Crippen LogP contribution in [0.25, 0.3) is 6.08 Å². The van der Waals surface area contributed by atoms with Crippen molar-refractivity contribution in [3.63, 3.8) is 0 Å². The number of methoxy groups -OCH3 is 2. The smallest absolute Gasteiger partial charge is 0.231 e. The summed E-state index contributed by atoms with van der Waals surface area (Å²) in [4.78, 5) is 12.6. The lowest BCUT2D eigenvalue weighted by Crippen LogP contribution is -1.97. The molecule has 156 valence electrons. The Labute approximate surface area is 181 Å². The summed E-state index contributed by atoms with van der Waals surface area (Å²) in [5, 5.41) is 0. The fourth-order valence-corrected chi connectivity index (χ4v) is 3.20. The van der Waals surface area contributed by atoms with Gasteiger partial charge in [-0.25, -0.2) is 0 Å². The Hall–Kier alpha value is -3.99. The van der Waals surface area contributed by atoms with E-state index in [1.165, 1.54) is 0 Å². The Morgan fingerprint density at radius 2 is 1.68 bits per heavy atom. The van der Waals surface area contributed by atoms with Crippen molar-refractivity contribution in [2.24, 2.45) is 0 Å². The van der Waals surface area contributed by atoms with E-state index in [1.807, 2.05) is 54.6 Å². The number of para-hydroxylation sites is 1.